The fraction of sp³-hybridized carbons (Fsp3) is 1.00. The summed E-state index contributed by atoms with van der Waals surface area (Å²) in [5, 5.41) is 0. The van der Waals surface area contributed by atoms with Crippen LogP contribution in [0.1, 0.15) is 32.1 Å². The molecule has 1 saturated heterocycles. The second-order valence-corrected chi connectivity index (χ2v) is 5.71. The highest BCUT2D eigenvalue weighted by molar-refractivity contribution is 7.88. The number of unbranched alkanes of at least 4 members (excludes halogenated alkanes) is 2. The Hall–Kier alpha value is -0.170. The average molecular weight is 236 g/mol. The van der Waals surface area contributed by atoms with Crippen molar-refractivity contribution in [2.75, 3.05) is 25.4 Å². The Labute approximate surface area is 91.6 Å². The predicted octanol–water partition coefficient (Wildman–Crippen LogP) is 0.473. The number of nitrogens with zero attached hydrogens (tertiary/aromatic N) is 1. The molecule has 0 aromatic rings. The highest BCUT2D eigenvalue weighted by atomic mass is 32.2. The molecule has 2 N–H and O–H groups in total. The molecule has 0 saturated carbocycles. The molecule has 15 heavy (non-hydrogen) atoms. The Morgan fingerprint density at radius 2 is 2.00 bits per heavy atom. The van der Waals surface area contributed by atoms with Gasteiger partial charge in [0.1, 0.15) is 0 Å². The zero-order valence-electron chi connectivity index (χ0n) is 9.02. The average Bonchev–Trinajstić information content (AvgIpc) is 2.26. The number of rotatable bonds is 6. The number of hydrogen-bond donors (Lipinski definition) is 1. The molecule has 0 aliphatic carbocycles. The van der Waals surface area contributed by atoms with Gasteiger partial charge in [-0.3, -0.25) is 4.84 Å². The van der Waals surface area contributed by atoms with Gasteiger partial charge < -0.3 is 5.73 Å². The van der Waals surface area contributed by atoms with Crippen molar-refractivity contribution in [1.82, 2.24) is 4.47 Å². The van der Waals surface area contributed by atoms with E-state index in [0.717, 1.165) is 30.2 Å². The van der Waals surface area contributed by atoms with Crippen LogP contribution in [0.5, 0.6) is 0 Å². The van der Waals surface area contributed by atoms with E-state index in [0.29, 0.717) is 26.1 Å². The van der Waals surface area contributed by atoms with Gasteiger partial charge in [0, 0.05) is 6.54 Å². The zero-order chi connectivity index (χ0) is 11.1. The van der Waals surface area contributed by atoms with Crippen molar-refractivity contribution in [1.29, 1.82) is 0 Å². The van der Waals surface area contributed by atoms with E-state index >= 15 is 0 Å². The van der Waals surface area contributed by atoms with E-state index in [1.807, 2.05) is 0 Å². The largest absolute Gasteiger partial charge is 0.330 e. The van der Waals surface area contributed by atoms with Crippen molar-refractivity contribution in [3.63, 3.8) is 0 Å². The summed E-state index contributed by atoms with van der Waals surface area (Å²) in [6.45, 7) is 1.64. The van der Waals surface area contributed by atoms with Gasteiger partial charge in [0.2, 0.25) is 10.0 Å². The van der Waals surface area contributed by atoms with Gasteiger partial charge in [0.05, 0.1) is 12.4 Å². The number of hydrogen-bond acceptors (Lipinski definition) is 4. The number of hydroxylamine groups is 1. The standard InChI is InChI=1S/C9H20N2O3S/c10-6-2-1-5-9-15(12,13)11-7-3-4-8-14-11/h1-10H2. The van der Waals surface area contributed by atoms with E-state index in [2.05, 4.69) is 0 Å². The minimum Gasteiger partial charge on any atom is -0.330 e. The molecule has 1 heterocycles. The molecular weight excluding hydrogens is 216 g/mol. The van der Waals surface area contributed by atoms with Crippen LogP contribution >= 0.6 is 0 Å². The molecule has 0 bridgehead atoms. The Balaban J connectivity index is 2.30. The maximum Gasteiger partial charge on any atom is 0.236 e. The van der Waals surface area contributed by atoms with Gasteiger partial charge in [0.25, 0.3) is 0 Å². The van der Waals surface area contributed by atoms with E-state index in [1.165, 1.54) is 0 Å². The lowest BCUT2D eigenvalue weighted by Gasteiger charge is -2.25. The second kappa shape index (κ2) is 6.42. The van der Waals surface area contributed by atoms with Gasteiger partial charge in [0.15, 0.2) is 0 Å². The van der Waals surface area contributed by atoms with Crippen LogP contribution in [0, 0.1) is 0 Å². The molecule has 0 unspecified atom stereocenters. The fourth-order valence-electron chi connectivity index (χ4n) is 1.50. The van der Waals surface area contributed by atoms with Crippen molar-refractivity contribution in [3.05, 3.63) is 0 Å². The molecule has 0 aromatic heterocycles. The van der Waals surface area contributed by atoms with Gasteiger partial charge in [-0.15, -0.1) is 0 Å². The lowest BCUT2D eigenvalue weighted by atomic mass is 10.2. The minimum absolute atomic E-state index is 0.174. The maximum absolute atomic E-state index is 11.7. The van der Waals surface area contributed by atoms with Crippen LogP contribution in [0.15, 0.2) is 0 Å². The highest BCUT2D eigenvalue weighted by Gasteiger charge is 2.24. The van der Waals surface area contributed by atoms with Crippen molar-refractivity contribution < 1.29 is 13.3 Å². The first kappa shape index (κ1) is 12.9. The third-order valence-electron chi connectivity index (χ3n) is 2.39. The Morgan fingerprint density at radius 1 is 1.20 bits per heavy atom. The summed E-state index contributed by atoms with van der Waals surface area (Å²) < 4.78 is 24.6. The molecule has 1 rings (SSSR count). The summed E-state index contributed by atoms with van der Waals surface area (Å²) in [5.41, 5.74) is 5.34. The summed E-state index contributed by atoms with van der Waals surface area (Å²) >= 11 is 0. The van der Waals surface area contributed by atoms with Crippen LogP contribution < -0.4 is 5.73 Å². The Morgan fingerprint density at radius 3 is 2.60 bits per heavy atom. The van der Waals surface area contributed by atoms with Gasteiger partial charge in [-0.25, -0.2) is 8.42 Å². The normalized spacial score (nSPS) is 19.3. The molecule has 6 heteroatoms. The molecule has 0 amide bonds. The van der Waals surface area contributed by atoms with Crippen LogP contribution in [-0.4, -0.2) is 38.3 Å². The fourth-order valence-corrected chi connectivity index (χ4v) is 2.92. The minimum atomic E-state index is -3.19. The van der Waals surface area contributed by atoms with E-state index < -0.39 is 10.0 Å². The summed E-state index contributed by atoms with van der Waals surface area (Å²) in [4.78, 5) is 5.12. The van der Waals surface area contributed by atoms with Crippen molar-refractivity contribution >= 4 is 10.0 Å². The molecular formula is C9H20N2O3S. The van der Waals surface area contributed by atoms with Crippen LogP contribution in [-0.2, 0) is 14.9 Å². The topological polar surface area (TPSA) is 72.6 Å². The van der Waals surface area contributed by atoms with E-state index in [9.17, 15) is 8.42 Å². The van der Waals surface area contributed by atoms with Gasteiger partial charge in [-0.2, -0.15) is 0 Å². The van der Waals surface area contributed by atoms with Crippen LogP contribution in [0.3, 0.4) is 0 Å². The van der Waals surface area contributed by atoms with Crippen molar-refractivity contribution in [3.8, 4) is 0 Å². The van der Waals surface area contributed by atoms with Crippen molar-refractivity contribution in [2.24, 2.45) is 5.73 Å². The lowest BCUT2D eigenvalue weighted by molar-refractivity contribution is -0.108. The van der Waals surface area contributed by atoms with Gasteiger partial charge in [-0.1, -0.05) is 10.9 Å². The van der Waals surface area contributed by atoms with Crippen LogP contribution in [0.2, 0.25) is 0 Å². The first-order chi connectivity index (χ1) is 7.17. The molecule has 0 atom stereocenters. The third-order valence-corrected chi connectivity index (χ3v) is 4.10. The molecule has 1 fully saturated rings. The van der Waals surface area contributed by atoms with Crippen LogP contribution in [0.25, 0.3) is 0 Å². The van der Waals surface area contributed by atoms with Crippen LogP contribution in [0.4, 0.5) is 0 Å². The number of sulfonamides is 1. The highest BCUT2D eigenvalue weighted by Crippen LogP contribution is 2.13. The molecule has 1 aliphatic rings. The molecule has 1 aliphatic heterocycles. The first-order valence-corrected chi connectivity index (χ1v) is 7.11. The van der Waals surface area contributed by atoms with Gasteiger partial charge in [-0.05, 0) is 32.2 Å². The second-order valence-electron chi connectivity index (χ2n) is 3.73. The molecule has 0 aromatic carbocycles. The Kier molecular flexibility index (Phi) is 5.52. The zero-order valence-corrected chi connectivity index (χ0v) is 9.84. The lowest BCUT2D eigenvalue weighted by Crippen LogP contribution is -2.37. The summed E-state index contributed by atoms with van der Waals surface area (Å²) in [6.07, 6.45) is 4.25. The summed E-state index contributed by atoms with van der Waals surface area (Å²) in [5.74, 6) is 0.174. The van der Waals surface area contributed by atoms with E-state index in [4.69, 9.17) is 10.6 Å². The first-order valence-electron chi connectivity index (χ1n) is 5.50. The number of nitrogens with two attached hydrogens (primary N) is 1. The van der Waals surface area contributed by atoms with Gasteiger partial charge >= 0.3 is 0 Å². The Bertz CT molecular complexity index is 261. The smallest absolute Gasteiger partial charge is 0.236 e. The van der Waals surface area contributed by atoms with E-state index in [-0.39, 0.29) is 5.75 Å². The van der Waals surface area contributed by atoms with E-state index in [1.54, 1.807) is 0 Å². The summed E-state index contributed by atoms with van der Waals surface area (Å²) in [6, 6.07) is 0. The molecule has 5 nitrogen and oxygen atoms in total. The maximum atomic E-state index is 11.7. The predicted molar refractivity (Wildman–Crippen MR) is 58.6 cm³/mol. The summed E-state index contributed by atoms with van der Waals surface area (Å²) in [7, 11) is -3.19. The molecule has 0 radical (unpaired) electrons. The monoisotopic (exact) mass is 236 g/mol. The quantitative estimate of drug-likeness (QED) is 0.681. The SMILES string of the molecule is NCCCCCS(=O)(=O)N1CCCCO1. The molecule has 0 spiro atoms. The third kappa shape index (κ3) is 4.46. The molecule has 90 valence electrons. The van der Waals surface area contributed by atoms with Crippen molar-refractivity contribution in [2.45, 2.75) is 32.1 Å².